The molecule has 7 heteroatoms. The maximum atomic E-state index is 12.2. The molecular formula is C16H17ClN2O4. The van der Waals surface area contributed by atoms with E-state index in [1.54, 1.807) is 6.07 Å². The van der Waals surface area contributed by atoms with Crippen molar-refractivity contribution in [3.05, 3.63) is 45.8 Å². The van der Waals surface area contributed by atoms with Gasteiger partial charge in [0.05, 0.1) is 16.3 Å². The van der Waals surface area contributed by atoms with Crippen molar-refractivity contribution in [2.75, 3.05) is 5.32 Å². The summed E-state index contributed by atoms with van der Waals surface area (Å²) < 4.78 is 5.11. The van der Waals surface area contributed by atoms with Crippen molar-refractivity contribution in [2.45, 2.75) is 33.1 Å². The molecule has 1 heterocycles. The number of carboxylic acids is 1. The largest absolute Gasteiger partial charge is 0.478 e. The number of hydrogen-bond acceptors (Lipinski definition) is 4. The summed E-state index contributed by atoms with van der Waals surface area (Å²) in [5.41, 5.74) is 2.02. The highest BCUT2D eigenvalue weighted by atomic mass is 35.5. The standard InChI is InChI=1S/C16H17ClN2O4/c1-8(15-9(2)19-23-10(15)3)6-14(20)18-11-4-5-13(17)12(7-11)16(21)22/h4-5,7-8H,6H2,1-3H3,(H,18,20)(H,21,22). The quantitative estimate of drug-likeness (QED) is 0.866. The van der Waals surface area contributed by atoms with Crippen LogP contribution in [0.3, 0.4) is 0 Å². The third kappa shape index (κ3) is 3.90. The van der Waals surface area contributed by atoms with Crippen LogP contribution in [0, 0.1) is 13.8 Å². The van der Waals surface area contributed by atoms with E-state index in [1.165, 1.54) is 12.1 Å². The first-order chi connectivity index (χ1) is 10.8. The van der Waals surface area contributed by atoms with E-state index in [4.69, 9.17) is 21.2 Å². The van der Waals surface area contributed by atoms with Gasteiger partial charge < -0.3 is 14.9 Å². The molecule has 1 atom stereocenters. The van der Waals surface area contributed by atoms with Crippen molar-refractivity contribution >= 4 is 29.2 Å². The van der Waals surface area contributed by atoms with Crippen LogP contribution in [0.4, 0.5) is 5.69 Å². The van der Waals surface area contributed by atoms with Crippen molar-refractivity contribution < 1.29 is 19.2 Å². The number of amides is 1. The Morgan fingerprint density at radius 3 is 2.65 bits per heavy atom. The Balaban J connectivity index is 2.08. The van der Waals surface area contributed by atoms with E-state index in [0.717, 1.165) is 11.3 Å². The molecule has 0 aliphatic rings. The molecule has 6 nitrogen and oxygen atoms in total. The number of aryl methyl sites for hydroxylation is 2. The molecule has 1 aromatic carbocycles. The molecule has 0 spiro atoms. The Morgan fingerprint density at radius 2 is 2.09 bits per heavy atom. The number of carbonyl (C=O) groups is 2. The SMILES string of the molecule is Cc1noc(C)c1C(C)CC(=O)Nc1ccc(Cl)c(C(=O)O)c1. The number of benzene rings is 1. The molecule has 2 rings (SSSR count). The minimum atomic E-state index is -1.14. The van der Waals surface area contributed by atoms with Gasteiger partial charge in [-0.25, -0.2) is 4.79 Å². The Hall–Kier alpha value is -2.34. The summed E-state index contributed by atoms with van der Waals surface area (Å²) in [5.74, 6) is -0.735. The highest BCUT2D eigenvalue weighted by Crippen LogP contribution is 2.26. The molecule has 1 amide bonds. The van der Waals surface area contributed by atoms with Crippen molar-refractivity contribution in [2.24, 2.45) is 0 Å². The topological polar surface area (TPSA) is 92.4 Å². The lowest BCUT2D eigenvalue weighted by Crippen LogP contribution is -2.15. The molecule has 0 aliphatic carbocycles. The maximum Gasteiger partial charge on any atom is 0.337 e. The van der Waals surface area contributed by atoms with E-state index in [2.05, 4.69) is 10.5 Å². The monoisotopic (exact) mass is 336 g/mol. The van der Waals surface area contributed by atoms with E-state index in [0.29, 0.717) is 11.4 Å². The number of anilines is 1. The second-order valence-electron chi connectivity index (χ2n) is 5.39. The lowest BCUT2D eigenvalue weighted by atomic mass is 9.96. The summed E-state index contributed by atoms with van der Waals surface area (Å²) >= 11 is 5.80. The van der Waals surface area contributed by atoms with Gasteiger partial charge in [0.1, 0.15) is 5.76 Å². The molecule has 2 N–H and O–H groups in total. The first-order valence-electron chi connectivity index (χ1n) is 7.05. The van der Waals surface area contributed by atoms with E-state index in [9.17, 15) is 9.59 Å². The number of rotatable bonds is 5. The molecule has 122 valence electrons. The van der Waals surface area contributed by atoms with Crippen LogP contribution in [0.1, 0.15) is 46.6 Å². The number of aromatic carboxylic acids is 1. The van der Waals surface area contributed by atoms with Gasteiger partial charge in [0.2, 0.25) is 5.91 Å². The molecule has 23 heavy (non-hydrogen) atoms. The Labute approximate surface area is 138 Å². The number of nitrogens with zero attached hydrogens (tertiary/aromatic N) is 1. The highest BCUT2D eigenvalue weighted by molar-refractivity contribution is 6.33. The summed E-state index contributed by atoms with van der Waals surface area (Å²) in [5, 5.41) is 15.7. The first kappa shape index (κ1) is 17.0. The maximum absolute atomic E-state index is 12.2. The molecule has 0 saturated carbocycles. The molecule has 0 bridgehead atoms. The fourth-order valence-corrected chi connectivity index (χ4v) is 2.75. The second kappa shape index (κ2) is 6.83. The minimum Gasteiger partial charge on any atom is -0.478 e. The molecule has 1 unspecified atom stereocenters. The minimum absolute atomic E-state index is 0.0526. The molecule has 1 aromatic heterocycles. The van der Waals surface area contributed by atoms with Crippen LogP contribution >= 0.6 is 11.6 Å². The van der Waals surface area contributed by atoms with Crippen molar-refractivity contribution in [1.82, 2.24) is 5.16 Å². The molecule has 0 saturated heterocycles. The predicted molar refractivity (Wildman–Crippen MR) is 86.1 cm³/mol. The molecule has 0 aliphatic heterocycles. The first-order valence-corrected chi connectivity index (χ1v) is 7.42. The normalized spacial score (nSPS) is 12.0. The third-order valence-electron chi connectivity index (χ3n) is 3.55. The van der Waals surface area contributed by atoms with Crippen LogP contribution in [-0.2, 0) is 4.79 Å². The van der Waals surface area contributed by atoms with Gasteiger partial charge >= 0.3 is 5.97 Å². The van der Waals surface area contributed by atoms with Crippen LogP contribution in [0.2, 0.25) is 5.02 Å². The van der Waals surface area contributed by atoms with Crippen LogP contribution in [-0.4, -0.2) is 22.1 Å². The number of aromatic nitrogens is 1. The number of carboxylic acid groups (broad SMARTS) is 1. The zero-order chi connectivity index (χ0) is 17.1. The highest BCUT2D eigenvalue weighted by Gasteiger charge is 2.19. The summed E-state index contributed by atoms with van der Waals surface area (Å²) in [7, 11) is 0. The fraction of sp³-hybridized carbons (Fsp3) is 0.312. The number of nitrogens with one attached hydrogen (secondary N) is 1. The average molecular weight is 337 g/mol. The molecule has 0 radical (unpaired) electrons. The van der Waals surface area contributed by atoms with Gasteiger partial charge in [-0.2, -0.15) is 0 Å². The summed E-state index contributed by atoms with van der Waals surface area (Å²) in [6.07, 6.45) is 0.230. The summed E-state index contributed by atoms with van der Waals surface area (Å²) in [6.45, 7) is 5.55. The van der Waals surface area contributed by atoms with Gasteiger partial charge in [-0.1, -0.05) is 23.7 Å². The zero-order valence-electron chi connectivity index (χ0n) is 13.0. The molecular weight excluding hydrogens is 320 g/mol. The predicted octanol–water partition coefficient (Wildman–Crippen LogP) is 3.78. The van der Waals surface area contributed by atoms with Crippen LogP contribution < -0.4 is 5.32 Å². The van der Waals surface area contributed by atoms with Crippen LogP contribution in [0.25, 0.3) is 0 Å². The fourth-order valence-electron chi connectivity index (χ4n) is 2.55. The Bertz CT molecular complexity index is 735. The van der Waals surface area contributed by atoms with Crippen molar-refractivity contribution in [3.63, 3.8) is 0 Å². The van der Waals surface area contributed by atoms with Crippen molar-refractivity contribution in [1.29, 1.82) is 0 Å². The Kier molecular flexibility index (Phi) is 5.05. The molecule has 2 aromatic rings. The van der Waals surface area contributed by atoms with E-state index >= 15 is 0 Å². The van der Waals surface area contributed by atoms with Crippen LogP contribution in [0.5, 0.6) is 0 Å². The lowest BCUT2D eigenvalue weighted by molar-refractivity contribution is -0.116. The van der Waals surface area contributed by atoms with Gasteiger partial charge in [-0.3, -0.25) is 4.79 Å². The number of hydrogen-bond donors (Lipinski definition) is 2. The summed E-state index contributed by atoms with van der Waals surface area (Å²) in [6, 6.07) is 4.34. The lowest BCUT2D eigenvalue weighted by Gasteiger charge is -2.12. The zero-order valence-corrected chi connectivity index (χ0v) is 13.8. The average Bonchev–Trinajstić information content (AvgIpc) is 2.79. The van der Waals surface area contributed by atoms with Gasteiger partial charge in [0.15, 0.2) is 0 Å². The number of carbonyl (C=O) groups excluding carboxylic acids is 1. The van der Waals surface area contributed by atoms with E-state index in [1.807, 2.05) is 20.8 Å². The third-order valence-corrected chi connectivity index (χ3v) is 3.88. The Morgan fingerprint density at radius 1 is 1.39 bits per heavy atom. The smallest absolute Gasteiger partial charge is 0.337 e. The number of halogens is 1. The second-order valence-corrected chi connectivity index (χ2v) is 5.80. The summed E-state index contributed by atoms with van der Waals surface area (Å²) in [4.78, 5) is 23.2. The van der Waals surface area contributed by atoms with Gasteiger partial charge in [-0.05, 0) is 38.0 Å². The van der Waals surface area contributed by atoms with E-state index < -0.39 is 5.97 Å². The van der Waals surface area contributed by atoms with E-state index in [-0.39, 0.29) is 28.8 Å². The van der Waals surface area contributed by atoms with Gasteiger partial charge in [-0.15, -0.1) is 0 Å². The molecule has 0 fully saturated rings. The van der Waals surface area contributed by atoms with Crippen LogP contribution in [0.15, 0.2) is 22.7 Å². The van der Waals surface area contributed by atoms with Crippen molar-refractivity contribution in [3.8, 4) is 0 Å². The van der Waals surface area contributed by atoms with Gasteiger partial charge in [0.25, 0.3) is 0 Å². The van der Waals surface area contributed by atoms with Gasteiger partial charge in [0, 0.05) is 17.7 Å².